The Morgan fingerprint density at radius 2 is 2.06 bits per heavy atom. The zero-order valence-corrected chi connectivity index (χ0v) is 10.2. The highest BCUT2D eigenvalue weighted by atomic mass is 16.5. The van der Waals surface area contributed by atoms with E-state index < -0.39 is 0 Å². The molecular weight excluding hydrogens is 212 g/mol. The van der Waals surface area contributed by atoms with Crippen molar-refractivity contribution < 1.29 is 4.74 Å². The highest BCUT2D eigenvalue weighted by molar-refractivity contribution is 5.45. The lowest BCUT2D eigenvalue weighted by molar-refractivity contribution is -0.0690. The maximum atomic E-state index is 9.06. The maximum Gasteiger partial charge on any atom is 0.121 e. The molecule has 0 atom stereocenters. The van der Waals surface area contributed by atoms with Gasteiger partial charge in [-0.15, -0.1) is 0 Å². The largest absolute Gasteiger partial charge is 0.383 e. The quantitative estimate of drug-likeness (QED) is 0.845. The van der Waals surface area contributed by atoms with Crippen LogP contribution >= 0.6 is 0 Å². The van der Waals surface area contributed by atoms with Gasteiger partial charge in [-0.25, -0.2) is 0 Å². The van der Waals surface area contributed by atoms with Crippen molar-refractivity contribution in [3.8, 4) is 6.07 Å². The summed E-state index contributed by atoms with van der Waals surface area (Å²) in [5.41, 5.74) is 2.12. The van der Waals surface area contributed by atoms with Gasteiger partial charge in [-0.05, 0) is 24.1 Å². The standard InChI is InChI=1S/C14H18N2O/c1-2-3-12-4-6-13(7-5-12)16-9-14(8-15)10-17-11-14/h4-7,16H,2-3,9-11H2,1H3. The van der Waals surface area contributed by atoms with Crippen LogP contribution in [0.25, 0.3) is 0 Å². The fourth-order valence-electron chi connectivity index (χ4n) is 1.90. The number of nitrogens with one attached hydrogen (secondary N) is 1. The van der Waals surface area contributed by atoms with E-state index >= 15 is 0 Å². The molecule has 3 heteroatoms. The number of ether oxygens (including phenoxy) is 1. The zero-order chi connectivity index (χ0) is 12.1. The van der Waals surface area contributed by atoms with E-state index in [1.54, 1.807) is 0 Å². The van der Waals surface area contributed by atoms with Gasteiger partial charge >= 0.3 is 0 Å². The molecule has 1 aliphatic heterocycles. The van der Waals surface area contributed by atoms with Crippen molar-refractivity contribution in [2.75, 3.05) is 25.1 Å². The van der Waals surface area contributed by atoms with E-state index in [9.17, 15) is 0 Å². The lowest BCUT2D eigenvalue weighted by Crippen LogP contribution is -2.46. The topological polar surface area (TPSA) is 45.0 Å². The first-order valence-corrected chi connectivity index (χ1v) is 6.10. The van der Waals surface area contributed by atoms with Crippen LogP contribution in [0.2, 0.25) is 0 Å². The lowest BCUT2D eigenvalue weighted by atomic mass is 9.88. The molecule has 2 rings (SSSR count). The highest BCUT2D eigenvalue weighted by Gasteiger charge is 2.38. The summed E-state index contributed by atoms with van der Waals surface area (Å²) in [7, 11) is 0. The van der Waals surface area contributed by atoms with Crippen LogP contribution in [0, 0.1) is 16.7 Å². The molecule has 1 aliphatic rings. The van der Waals surface area contributed by atoms with Crippen LogP contribution in [-0.4, -0.2) is 19.8 Å². The molecule has 1 fully saturated rings. The monoisotopic (exact) mass is 230 g/mol. The molecule has 1 aromatic carbocycles. The van der Waals surface area contributed by atoms with Crippen LogP contribution in [0.3, 0.4) is 0 Å². The Morgan fingerprint density at radius 1 is 1.35 bits per heavy atom. The minimum absolute atomic E-state index is 0.317. The Hall–Kier alpha value is -1.53. The van der Waals surface area contributed by atoms with Gasteiger partial charge in [-0.2, -0.15) is 5.26 Å². The van der Waals surface area contributed by atoms with Crippen molar-refractivity contribution in [1.82, 2.24) is 0 Å². The SMILES string of the molecule is CCCc1ccc(NCC2(C#N)COC2)cc1. The minimum atomic E-state index is -0.317. The van der Waals surface area contributed by atoms with E-state index in [4.69, 9.17) is 10.00 Å². The summed E-state index contributed by atoms with van der Waals surface area (Å²) >= 11 is 0. The van der Waals surface area contributed by atoms with E-state index in [0.29, 0.717) is 19.8 Å². The molecule has 90 valence electrons. The number of aryl methyl sites for hydroxylation is 1. The van der Waals surface area contributed by atoms with Crippen LogP contribution in [0.1, 0.15) is 18.9 Å². The molecule has 0 amide bonds. The Labute approximate surface area is 102 Å². The van der Waals surface area contributed by atoms with Crippen LogP contribution in [-0.2, 0) is 11.2 Å². The minimum Gasteiger partial charge on any atom is -0.383 e. The van der Waals surface area contributed by atoms with Crippen molar-refractivity contribution in [1.29, 1.82) is 5.26 Å². The predicted octanol–water partition coefficient (Wildman–Crippen LogP) is 2.59. The molecule has 1 N–H and O–H groups in total. The molecule has 0 unspecified atom stereocenters. The number of nitriles is 1. The van der Waals surface area contributed by atoms with Crippen molar-refractivity contribution in [2.24, 2.45) is 5.41 Å². The van der Waals surface area contributed by atoms with Gasteiger partial charge in [-0.3, -0.25) is 0 Å². The molecule has 0 spiro atoms. The van der Waals surface area contributed by atoms with Gasteiger partial charge < -0.3 is 10.1 Å². The molecule has 0 bridgehead atoms. The summed E-state index contributed by atoms with van der Waals surface area (Å²) in [6, 6.07) is 10.8. The Morgan fingerprint density at radius 3 is 2.53 bits per heavy atom. The van der Waals surface area contributed by atoms with Gasteiger partial charge in [0.15, 0.2) is 0 Å². The first-order chi connectivity index (χ1) is 8.28. The van der Waals surface area contributed by atoms with Crippen molar-refractivity contribution in [2.45, 2.75) is 19.8 Å². The second kappa shape index (κ2) is 5.20. The number of anilines is 1. The van der Waals surface area contributed by atoms with E-state index in [-0.39, 0.29) is 5.41 Å². The molecular formula is C14H18N2O. The third-order valence-corrected chi connectivity index (χ3v) is 3.12. The maximum absolute atomic E-state index is 9.06. The molecule has 0 saturated carbocycles. The molecule has 0 aromatic heterocycles. The van der Waals surface area contributed by atoms with Crippen molar-refractivity contribution in [3.05, 3.63) is 29.8 Å². The van der Waals surface area contributed by atoms with Gasteiger partial charge in [0.05, 0.1) is 19.3 Å². The lowest BCUT2D eigenvalue weighted by Gasteiger charge is -2.35. The van der Waals surface area contributed by atoms with Gasteiger partial charge in [0.1, 0.15) is 5.41 Å². The summed E-state index contributed by atoms with van der Waals surface area (Å²) in [5.74, 6) is 0. The fraction of sp³-hybridized carbons (Fsp3) is 0.500. The molecule has 0 radical (unpaired) electrons. The average Bonchev–Trinajstić information content (AvgIpc) is 2.31. The predicted molar refractivity (Wildman–Crippen MR) is 67.8 cm³/mol. The number of benzene rings is 1. The van der Waals surface area contributed by atoms with E-state index in [1.165, 1.54) is 12.0 Å². The van der Waals surface area contributed by atoms with Gasteiger partial charge in [-0.1, -0.05) is 25.5 Å². The highest BCUT2D eigenvalue weighted by Crippen LogP contribution is 2.26. The van der Waals surface area contributed by atoms with Gasteiger partial charge in [0.25, 0.3) is 0 Å². The molecule has 0 aliphatic carbocycles. The van der Waals surface area contributed by atoms with Gasteiger partial charge in [0.2, 0.25) is 0 Å². The first kappa shape index (κ1) is 11.9. The second-order valence-corrected chi connectivity index (χ2v) is 4.69. The summed E-state index contributed by atoms with van der Waals surface area (Å²) < 4.78 is 5.11. The van der Waals surface area contributed by atoms with Crippen LogP contribution in [0.15, 0.2) is 24.3 Å². The molecule has 1 heterocycles. The Kier molecular flexibility index (Phi) is 3.65. The summed E-state index contributed by atoms with van der Waals surface area (Å²) in [4.78, 5) is 0. The smallest absolute Gasteiger partial charge is 0.121 e. The van der Waals surface area contributed by atoms with E-state index in [0.717, 1.165) is 12.1 Å². The molecule has 17 heavy (non-hydrogen) atoms. The third kappa shape index (κ3) is 2.78. The van der Waals surface area contributed by atoms with E-state index in [2.05, 4.69) is 42.6 Å². The normalized spacial score (nSPS) is 16.9. The third-order valence-electron chi connectivity index (χ3n) is 3.12. The Balaban J connectivity index is 1.89. The van der Waals surface area contributed by atoms with Crippen LogP contribution in [0.4, 0.5) is 5.69 Å². The number of rotatable bonds is 5. The summed E-state index contributed by atoms with van der Waals surface area (Å²) in [6.45, 7) is 3.94. The molecule has 3 nitrogen and oxygen atoms in total. The fourth-order valence-corrected chi connectivity index (χ4v) is 1.90. The molecule has 1 saturated heterocycles. The number of hydrogen-bond donors (Lipinski definition) is 1. The summed E-state index contributed by atoms with van der Waals surface area (Å²) in [5, 5.41) is 12.4. The summed E-state index contributed by atoms with van der Waals surface area (Å²) in [6.07, 6.45) is 2.29. The first-order valence-electron chi connectivity index (χ1n) is 6.10. The van der Waals surface area contributed by atoms with E-state index in [1.807, 2.05) is 0 Å². The van der Waals surface area contributed by atoms with Crippen LogP contribution in [0.5, 0.6) is 0 Å². The number of hydrogen-bond acceptors (Lipinski definition) is 3. The second-order valence-electron chi connectivity index (χ2n) is 4.69. The van der Waals surface area contributed by atoms with Gasteiger partial charge in [0, 0.05) is 12.2 Å². The number of nitrogens with zero attached hydrogens (tertiary/aromatic N) is 1. The Bertz CT molecular complexity index is 401. The average molecular weight is 230 g/mol. The zero-order valence-electron chi connectivity index (χ0n) is 10.2. The van der Waals surface area contributed by atoms with Crippen LogP contribution < -0.4 is 5.32 Å². The van der Waals surface area contributed by atoms with Crippen molar-refractivity contribution >= 4 is 5.69 Å². The molecule has 1 aromatic rings. The van der Waals surface area contributed by atoms with Crippen molar-refractivity contribution in [3.63, 3.8) is 0 Å².